The SMILES string of the molecule is CC1(C)C(=O)Nc2cc(NC3=N[N@@+]4(N5CCC6(CCNC6)C5)C=CN=CC4=N3)ccc21. The van der Waals surface area contributed by atoms with E-state index < -0.39 is 5.41 Å². The highest BCUT2D eigenvalue weighted by Crippen LogP contribution is 2.41. The van der Waals surface area contributed by atoms with Crippen molar-refractivity contribution in [3.63, 3.8) is 0 Å². The number of quaternary nitrogens is 1. The predicted molar refractivity (Wildman–Crippen MR) is 121 cm³/mol. The van der Waals surface area contributed by atoms with Gasteiger partial charge in [0.25, 0.3) is 5.96 Å². The molecular weight excluding hydrogens is 392 g/mol. The summed E-state index contributed by atoms with van der Waals surface area (Å²) in [6.45, 7) is 7.99. The number of nitrogens with zero attached hydrogens (tertiary/aromatic N) is 5. The van der Waals surface area contributed by atoms with E-state index in [4.69, 9.17) is 10.1 Å². The number of hydrogen-bond donors (Lipinski definition) is 3. The van der Waals surface area contributed by atoms with Crippen molar-refractivity contribution in [2.24, 2.45) is 20.5 Å². The van der Waals surface area contributed by atoms with E-state index >= 15 is 0 Å². The molecule has 1 aromatic carbocycles. The van der Waals surface area contributed by atoms with Gasteiger partial charge in [-0.15, -0.1) is 10.0 Å². The van der Waals surface area contributed by atoms with E-state index in [0.29, 0.717) is 11.4 Å². The first-order valence-electron chi connectivity index (χ1n) is 10.9. The Balaban J connectivity index is 1.29. The molecule has 5 heterocycles. The van der Waals surface area contributed by atoms with Crippen molar-refractivity contribution in [3.05, 3.63) is 36.2 Å². The fraction of sp³-hybridized carbons (Fsp3) is 0.455. The molecule has 2 saturated heterocycles. The monoisotopic (exact) mass is 419 g/mol. The number of anilines is 2. The van der Waals surface area contributed by atoms with E-state index in [1.165, 1.54) is 6.42 Å². The van der Waals surface area contributed by atoms with Crippen molar-refractivity contribution in [2.45, 2.75) is 32.1 Å². The van der Waals surface area contributed by atoms with Gasteiger partial charge in [-0.1, -0.05) is 6.07 Å². The molecule has 0 radical (unpaired) electrons. The Hall–Kier alpha value is -2.88. The summed E-state index contributed by atoms with van der Waals surface area (Å²) in [7, 11) is 0. The lowest BCUT2D eigenvalue weighted by Gasteiger charge is -2.33. The van der Waals surface area contributed by atoms with Gasteiger partial charge in [0.05, 0.1) is 24.7 Å². The largest absolute Gasteiger partial charge is 0.325 e. The number of rotatable bonds is 2. The second-order valence-electron chi connectivity index (χ2n) is 9.65. The van der Waals surface area contributed by atoms with Gasteiger partial charge >= 0.3 is 5.84 Å². The molecular formula is C22H27N8O+. The van der Waals surface area contributed by atoms with Crippen LogP contribution in [-0.2, 0) is 10.2 Å². The summed E-state index contributed by atoms with van der Waals surface area (Å²) in [5, 5.41) is 17.2. The highest BCUT2D eigenvalue weighted by atomic mass is 16.2. The summed E-state index contributed by atoms with van der Waals surface area (Å²) in [5.74, 6) is 1.36. The molecule has 3 N–H and O–H groups in total. The van der Waals surface area contributed by atoms with Crippen molar-refractivity contribution < 1.29 is 9.50 Å². The van der Waals surface area contributed by atoms with Crippen LogP contribution in [-0.4, -0.2) is 59.8 Å². The van der Waals surface area contributed by atoms with Crippen LogP contribution in [0.4, 0.5) is 11.4 Å². The molecule has 5 aliphatic heterocycles. The topological polar surface area (TPSA) is 93.5 Å². The van der Waals surface area contributed by atoms with Crippen LogP contribution < -0.4 is 16.0 Å². The summed E-state index contributed by atoms with van der Waals surface area (Å²) in [6.07, 6.45) is 7.97. The molecule has 1 spiro atoms. The van der Waals surface area contributed by atoms with Gasteiger partial charge in [0.15, 0.2) is 6.20 Å². The highest BCUT2D eigenvalue weighted by Gasteiger charge is 2.53. The molecule has 0 aliphatic carbocycles. The summed E-state index contributed by atoms with van der Waals surface area (Å²) >= 11 is 0. The number of guanidine groups is 1. The lowest BCUT2D eigenvalue weighted by molar-refractivity contribution is -0.915. The first kappa shape index (κ1) is 18.9. The van der Waals surface area contributed by atoms with E-state index in [0.717, 1.165) is 55.4 Å². The third-order valence-electron chi connectivity index (χ3n) is 7.30. The number of amidine groups is 1. The Morgan fingerprint density at radius 1 is 1.26 bits per heavy atom. The lowest BCUT2D eigenvalue weighted by atomic mass is 9.86. The van der Waals surface area contributed by atoms with Crippen LogP contribution >= 0.6 is 0 Å². The quantitative estimate of drug-likeness (QED) is 0.639. The Bertz CT molecular complexity index is 1090. The Morgan fingerprint density at radius 2 is 2.16 bits per heavy atom. The number of amides is 1. The molecule has 0 aromatic heterocycles. The van der Waals surface area contributed by atoms with Crippen LogP contribution in [0.2, 0.25) is 0 Å². The number of carbonyl (C=O) groups excluding carboxylic acids is 1. The van der Waals surface area contributed by atoms with E-state index in [1.54, 1.807) is 12.4 Å². The second-order valence-corrected chi connectivity index (χ2v) is 9.65. The Labute approximate surface area is 181 Å². The van der Waals surface area contributed by atoms with Gasteiger partial charge in [-0.05, 0) is 60.7 Å². The fourth-order valence-corrected chi connectivity index (χ4v) is 5.34. The van der Waals surface area contributed by atoms with Crippen LogP contribution in [0.5, 0.6) is 0 Å². The van der Waals surface area contributed by atoms with Crippen LogP contribution in [0, 0.1) is 5.41 Å². The molecule has 1 amide bonds. The molecule has 2 atom stereocenters. The number of nitrogens with one attached hydrogen (secondary N) is 3. The van der Waals surface area contributed by atoms with E-state index in [2.05, 4.69) is 26.0 Å². The average molecular weight is 420 g/mol. The maximum atomic E-state index is 12.3. The minimum absolute atomic E-state index is 0.0189. The Kier molecular flexibility index (Phi) is 3.84. The number of fused-ring (bicyclic) bond motifs is 2. The molecule has 0 bridgehead atoms. The van der Waals surface area contributed by atoms with Gasteiger partial charge in [0.1, 0.15) is 6.21 Å². The molecule has 160 valence electrons. The third kappa shape index (κ3) is 2.73. The van der Waals surface area contributed by atoms with Crippen molar-refractivity contribution in [1.29, 1.82) is 0 Å². The van der Waals surface area contributed by atoms with Gasteiger partial charge in [-0.2, -0.15) is 0 Å². The zero-order chi connectivity index (χ0) is 21.3. The molecule has 2 fully saturated rings. The van der Waals surface area contributed by atoms with Crippen LogP contribution in [0.1, 0.15) is 32.3 Å². The zero-order valence-electron chi connectivity index (χ0n) is 17.9. The minimum atomic E-state index is -0.517. The number of benzene rings is 1. The van der Waals surface area contributed by atoms with Gasteiger partial charge in [-0.25, -0.2) is 0 Å². The fourth-order valence-electron chi connectivity index (χ4n) is 5.34. The molecule has 1 aromatic rings. The van der Waals surface area contributed by atoms with E-state index in [1.807, 2.05) is 38.2 Å². The zero-order valence-corrected chi connectivity index (χ0v) is 17.9. The van der Waals surface area contributed by atoms with Crippen molar-refractivity contribution in [3.8, 4) is 0 Å². The van der Waals surface area contributed by atoms with Crippen LogP contribution in [0.25, 0.3) is 0 Å². The number of carbonyl (C=O) groups is 1. The molecule has 6 rings (SSSR count). The number of aliphatic imine (C=N–C) groups is 2. The summed E-state index contributed by atoms with van der Waals surface area (Å²) in [5.41, 5.74) is 2.50. The molecule has 31 heavy (non-hydrogen) atoms. The maximum absolute atomic E-state index is 12.3. The predicted octanol–water partition coefficient (Wildman–Crippen LogP) is 1.98. The Morgan fingerprint density at radius 3 is 3.00 bits per heavy atom. The first-order chi connectivity index (χ1) is 14.9. The molecule has 1 unspecified atom stereocenters. The third-order valence-corrected chi connectivity index (χ3v) is 7.30. The van der Waals surface area contributed by atoms with Gasteiger partial charge in [0, 0.05) is 23.3 Å². The molecule has 0 saturated carbocycles. The number of hydrogen-bond acceptors (Lipinski definition) is 7. The lowest BCUT2D eigenvalue weighted by Crippen LogP contribution is -2.56. The summed E-state index contributed by atoms with van der Waals surface area (Å²) in [6, 6.07) is 5.92. The average Bonchev–Trinajstić information content (AvgIpc) is 3.50. The summed E-state index contributed by atoms with van der Waals surface area (Å²) in [4.78, 5) is 21.3. The van der Waals surface area contributed by atoms with E-state index in [-0.39, 0.29) is 10.6 Å². The summed E-state index contributed by atoms with van der Waals surface area (Å²) < 4.78 is 0.238. The molecule has 9 heteroatoms. The second kappa shape index (κ2) is 6.32. The van der Waals surface area contributed by atoms with E-state index in [9.17, 15) is 4.79 Å². The van der Waals surface area contributed by atoms with Crippen LogP contribution in [0.15, 0.2) is 45.7 Å². The van der Waals surface area contributed by atoms with Crippen molar-refractivity contribution in [1.82, 2.24) is 10.3 Å². The normalized spacial score (nSPS) is 32.8. The van der Waals surface area contributed by atoms with Gasteiger partial charge in [0.2, 0.25) is 5.91 Å². The van der Waals surface area contributed by atoms with Crippen LogP contribution in [0.3, 0.4) is 0 Å². The molecule has 9 nitrogen and oxygen atoms in total. The smallest absolute Gasteiger partial charge is 0.301 e. The van der Waals surface area contributed by atoms with Crippen molar-refractivity contribution in [2.75, 3.05) is 36.8 Å². The standard InChI is InChI=1S/C22H26N8O/c1-21(2)16-4-3-15(11-17(16)26-19(21)31)25-20-27-18-12-23-8-10-30(18,28-20)29-9-6-22(14-29)5-7-24-13-22/h3-4,8,10-12,24H,5-7,9,13-14H2,1-2H3,(H-,25,26,28,31)/p+1/t22?,30-/m1/s1. The van der Waals surface area contributed by atoms with Crippen molar-refractivity contribution >= 4 is 35.3 Å². The first-order valence-corrected chi connectivity index (χ1v) is 10.9. The highest BCUT2D eigenvalue weighted by molar-refractivity contribution is 6.30. The maximum Gasteiger partial charge on any atom is 0.301 e. The van der Waals surface area contributed by atoms with Gasteiger partial charge in [-0.3, -0.25) is 9.79 Å². The minimum Gasteiger partial charge on any atom is -0.325 e. The van der Waals surface area contributed by atoms with Gasteiger partial charge < -0.3 is 16.0 Å². The molecule has 5 aliphatic rings.